The summed E-state index contributed by atoms with van der Waals surface area (Å²) < 4.78 is 26.3. The van der Waals surface area contributed by atoms with Crippen LogP contribution in [0.25, 0.3) is 0 Å². The number of nitrogens with zero attached hydrogens (tertiary/aromatic N) is 1. The second kappa shape index (κ2) is 13.7. The number of primary amides is 1. The number of hydrogen-bond donors (Lipinski definition) is 4. The van der Waals surface area contributed by atoms with Crippen LogP contribution in [0.3, 0.4) is 0 Å². The average molecular weight is 700 g/mol. The summed E-state index contributed by atoms with van der Waals surface area (Å²) in [5.41, 5.74) is 3.62. The highest BCUT2D eigenvalue weighted by molar-refractivity contribution is 7.91. The van der Waals surface area contributed by atoms with Gasteiger partial charge in [-0.25, -0.2) is 13.2 Å². The maximum absolute atomic E-state index is 14.4. The molecule has 1 aromatic carbocycles. The van der Waals surface area contributed by atoms with Crippen LogP contribution >= 0.6 is 0 Å². The predicted molar refractivity (Wildman–Crippen MR) is 184 cm³/mol. The highest BCUT2D eigenvalue weighted by Crippen LogP contribution is 2.65. The van der Waals surface area contributed by atoms with Crippen molar-refractivity contribution in [1.82, 2.24) is 20.9 Å². The highest BCUT2D eigenvalue weighted by Gasteiger charge is 2.70. The molecule has 4 fully saturated rings. The lowest BCUT2D eigenvalue weighted by molar-refractivity contribution is -0.145. The van der Waals surface area contributed by atoms with Crippen LogP contribution in [0, 0.1) is 28.6 Å². The summed E-state index contributed by atoms with van der Waals surface area (Å²) in [5, 5.41) is 8.79. The van der Waals surface area contributed by atoms with Crippen LogP contribution < -0.4 is 21.7 Å². The van der Waals surface area contributed by atoms with Gasteiger partial charge in [0.15, 0.2) is 9.84 Å². The Labute approximate surface area is 290 Å². The monoisotopic (exact) mass is 699 g/mol. The molecule has 1 saturated heterocycles. The quantitative estimate of drug-likeness (QED) is 0.228. The van der Waals surface area contributed by atoms with Crippen molar-refractivity contribution in [3.63, 3.8) is 0 Å². The van der Waals surface area contributed by atoms with Gasteiger partial charge in [0, 0.05) is 12.1 Å². The van der Waals surface area contributed by atoms with E-state index in [0.717, 1.165) is 32.1 Å². The Bertz CT molecular complexity index is 1560. The lowest BCUT2D eigenvalue weighted by Gasteiger charge is -2.41. The van der Waals surface area contributed by atoms with Crippen molar-refractivity contribution in [3.05, 3.63) is 30.3 Å². The molecule has 5 rings (SSSR count). The molecule has 0 spiro atoms. The van der Waals surface area contributed by atoms with E-state index < -0.39 is 68.5 Å². The molecule has 0 radical (unpaired) electrons. The van der Waals surface area contributed by atoms with Gasteiger partial charge in [-0.3, -0.25) is 19.2 Å². The molecule has 270 valence electrons. The number of sulfone groups is 1. The topological polar surface area (TPSA) is 185 Å². The molecule has 5 amide bonds. The summed E-state index contributed by atoms with van der Waals surface area (Å²) in [6.45, 7) is 9.94. The number of fused-ring (bicyclic) bond motifs is 1. The van der Waals surface area contributed by atoms with Gasteiger partial charge in [-0.2, -0.15) is 0 Å². The Kier molecular flexibility index (Phi) is 10.3. The first-order chi connectivity index (χ1) is 22.9. The Morgan fingerprint density at radius 1 is 0.980 bits per heavy atom. The molecule has 1 heterocycles. The number of urea groups is 1. The summed E-state index contributed by atoms with van der Waals surface area (Å²) in [6.07, 6.45) is 6.31. The number of piperidine rings is 1. The van der Waals surface area contributed by atoms with Gasteiger partial charge < -0.3 is 26.6 Å². The van der Waals surface area contributed by atoms with Crippen LogP contribution in [-0.4, -0.2) is 78.8 Å². The first-order valence-electron chi connectivity index (χ1n) is 17.7. The van der Waals surface area contributed by atoms with Gasteiger partial charge >= 0.3 is 6.03 Å². The fraction of sp³-hybridized carbons (Fsp3) is 0.694. The molecule has 3 saturated carbocycles. The van der Waals surface area contributed by atoms with E-state index >= 15 is 0 Å². The molecule has 1 aromatic rings. The number of carbonyl (C=O) groups excluding carboxylic acids is 5. The Balaban J connectivity index is 1.32. The standard InChI is InChI=1S/C36H53N5O7S/c1-34(2,3)29(39-33(46)40-36(16-10-7-11-17-36)18-19-49(47,48)23-12-8-6-9-13-23)32(45)41-21-24-26(35(24,4)5)27(41)31(44)38-25(20-22-14-15-22)28(42)30(37)43/h6,8-9,12-13,22,24-27,29H,7,10-11,14-21H2,1-5H3,(H2,37,43)(H,38,44)(H2,39,40,46)/t24?,25?,26?,27-,29+/m0/s1. The van der Waals surface area contributed by atoms with Crippen LogP contribution in [-0.2, 0) is 29.0 Å². The van der Waals surface area contributed by atoms with Gasteiger partial charge in [0.25, 0.3) is 5.91 Å². The van der Waals surface area contributed by atoms with Crippen molar-refractivity contribution < 1.29 is 32.4 Å². The van der Waals surface area contributed by atoms with E-state index in [0.29, 0.717) is 25.8 Å². The Morgan fingerprint density at radius 3 is 2.18 bits per heavy atom. The van der Waals surface area contributed by atoms with E-state index in [2.05, 4.69) is 29.8 Å². The van der Waals surface area contributed by atoms with Crippen LogP contribution in [0.5, 0.6) is 0 Å². The third kappa shape index (κ3) is 8.13. The maximum Gasteiger partial charge on any atom is 0.315 e. The molecule has 12 nitrogen and oxygen atoms in total. The molecule has 0 aromatic heterocycles. The summed E-state index contributed by atoms with van der Waals surface area (Å²) in [6, 6.07) is 4.78. The average Bonchev–Trinajstić information content (AvgIpc) is 3.89. The van der Waals surface area contributed by atoms with Crippen molar-refractivity contribution in [1.29, 1.82) is 0 Å². The Hall–Kier alpha value is -3.48. The molecule has 3 unspecified atom stereocenters. The summed E-state index contributed by atoms with van der Waals surface area (Å²) >= 11 is 0. The van der Waals surface area contributed by atoms with Crippen molar-refractivity contribution in [2.75, 3.05) is 12.3 Å². The summed E-state index contributed by atoms with van der Waals surface area (Å²) in [5.74, 6) is -2.82. The molecule has 3 aliphatic carbocycles. The molecular formula is C36H53N5O7S. The molecular weight excluding hydrogens is 646 g/mol. The first-order valence-corrected chi connectivity index (χ1v) is 19.3. The van der Waals surface area contributed by atoms with Crippen LogP contribution in [0.15, 0.2) is 35.2 Å². The van der Waals surface area contributed by atoms with Gasteiger partial charge in [-0.05, 0) is 66.4 Å². The van der Waals surface area contributed by atoms with E-state index in [4.69, 9.17) is 5.73 Å². The minimum absolute atomic E-state index is 0.0624. The SMILES string of the molecule is CC1(C)C2CN(C(=O)[C@@H](NC(=O)NC3(CCS(=O)(=O)c4ccccc4)CCCCC3)C(C)(C)C)[C@H](C(=O)NC(CC3CC3)C(=O)C(N)=O)C21. The van der Waals surface area contributed by atoms with E-state index in [1.165, 1.54) is 4.90 Å². The van der Waals surface area contributed by atoms with Gasteiger partial charge in [0.2, 0.25) is 17.6 Å². The number of Topliss-reactive ketones (excluding diaryl/α,β-unsaturated/α-hetero) is 1. The van der Waals surface area contributed by atoms with Gasteiger partial charge in [-0.15, -0.1) is 0 Å². The second-order valence-corrected chi connectivity index (χ2v) is 18.6. The molecule has 5 atom stereocenters. The third-order valence-corrected chi connectivity index (χ3v) is 13.2. The molecule has 1 aliphatic heterocycles. The number of ketones is 1. The fourth-order valence-corrected chi connectivity index (χ4v) is 9.59. The first kappa shape index (κ1) is 36.8. The van der Waals surface area contributed by atoms with E-state index in [-0.39, 0.29) is 40.2 Å². The zero-order valence-electron chi connectivity index (χ0n) is 29.4. The smallest absolute Gasteiger partial charge is 0.315 e. The Morgan fingerprint density at radius 2 is 1.61 bits per heavy atom. The van der Waals surface area contributed by atoms with Gasteiger partial charge in [-0.1, -0.05) is 84.9 Å². The van der Waals surface area contributed by atoms with Crippen LogP contribution in [0.2, 0.25) is 0 Å². The summed E-state index contributed by atoms with van der Waals surface area (Å²) in [7, 11) is -3.57. The number of carbonyl (C=O) groups is 5. The lowest BCUT2D eigenvalue weighted by Crippen LogP contribution is -2.63. The largest absolute Gasteiger partial charge is 0.363 e. The van der Waals surface area contributed by atoms with Crippen LogP contribution in [0.4, 0.5) is 4.79 Å². The number of rotatable bonds is 13. The van der Waals surface area contributed by atoms with Gasteiger partial charge in [0.1, 0.15) is 12.1 Å². The van der Waals surface area contributed by atoms with E-state index in [1.54, 1.807) is 30.3 Å². The van der Waals surface area contributed by atoms with E-state index in [1.807, 2.05) is 20.8 Å². The minimum atomic E-state index is -3.57. The van der Waals surface area contributed by atoms with E-state index in [9.17, 15) is 32.4 Å². The van der Waals surface area contributed by atoms with Crippen molar-refractivity contribution >= 4 is 39.4 Å². The summed E-state index contributed by atoms with van der Waals surface area (Å²) in [4.78, 5) is 68.3. The predicted octanol–water partition coefficient (Wildman–Crippen LogP) is 3.09. The lowest BCUT2D eigenvalue weighted by atomic mass is 9.79. The number of nitrogens with one attached hydrogen (secondary N) is 3. The molecule has 5 N–H and O–H groups in total. The number of benzene rings is 1. The fourth-order valence-electron chi connectivity index (χ4n) is 8.12. The number of amides is 5. The maximum atomic E-state index is 14.4. The van der Waals surface area contributed by atoms with Crippen LogP contribution in [0.1, 0.15) is 92.4 Å². The normalized spacial score (nSPS) is 25.3. The van der Waals surface area contributed by atoms with Gasteiger partial charge in [0.05, 0.1) is 16.7 Å². The van der Waals surface area contributed by atoms with Crippen molar-refractivity contribution in [3.8, 4) is 0 Å². The zero-order valence-corrected chi connectivity index (χ0v) is 30.2. The third-order valence-electron chi connectivity index (χ3n) is 11.4. The van der Waals surface area contributed by atoms with Crippen molar-refractivity contribution in [2.45, 2.75) is 121 Å². The second-order valence-electron chi connectivity index (χ2n) is 16.5. The number of nitrogens with two attached hydrogens (primary N) is 1. The number of likely N-dealkylation sites (tertiary alicyclic amines) is 1. The molecule has 0 bridgehead atoms. The molecule has 49 heavy (non-hydrogen) atoms. The number of hydrogen-bond acceptors (Lipinski definition) is 7. The molecule has 4 aliphatic rings. The highest BCUT2D eigenvalue weighted by atomic mass is 32.2. The zero-order chi connectivity index (χ0) is 35.9. The molecule has 13 heteroatoms. The van der Waals surface area contributed by atoms with Crippen molar-refractivity contribution in [2.24, 2.45) is 34.3 Å². The minimum Gasteiger partial charge on any atom is -0.363 e.